The lowest BCUT2D eigenvalue weighted by molar-refractivity contribution is -0.138. The van der Waals surface area contributed by atoms with Gasteiger partial charge < -0.3 is 9.94 Å². The Morgan fingerprint density at radius 2 is 2.27 bits per heavy atom. The molecule has 0 aliphatic carbocycles. The highest BCUT2D eigenvalue weighted by Gasteiger charge is 1.96. The van der Waals surface area contributed by atoms with E-state index in [1.807, 2.05) is 12.1 Å². The first-order valence-electron chi connectivity index (χ1n) is 4.32. The van der Waals surface area contributed by atoms with Crippen molar-refractivity contribution in [3.8, 4) is 0 Å². The van der Waals surface area contributed by atoms with Gasteiger partial charge in [-0.2, -0.15) is 0 Å². The normalized spacial score (nSPS) is 10.5. The van der Waals surface area contributed by atoms with Crippen molar-refractivity contribution in [1.82, 2.24) is 0 Å². The Morgan fingerprint density at radius 3 is 2.93 bits per heavy atom. The molecule has 5 heteroatoms. The molecule has 0 radical (unpaired) electrons. The molecule has 1 rings (SSSR count). The average molecular weight is 228 g/mol. The number of oxime groups is 1. The van der Waals surface area contributed by atoms with Gasteiger partial charge in [0.2, 0.25) is 0 Å². The van der Waals surface area contributed by atoms with Crippen molar-refractivity contribution in [2.75, 3.05) is 6.61 Å². The van der Waals surface area contributed by atoms with Gasteiger partial charge in [-0.05, 0) is 6.07 Å². The quantitative estimate of drug-likeness (QED) is 0.476. The molecular weight excluding hydrogens is 218 g/mol. The van der Waals surface area contributed by atoms with Crippen molar-refractivity contribution in [1.29, 1.82) is 0 Å². The highest BCUT2D eigenvalue weighted by atomic mass is 35.5. The van der Waals surface area contributed by atoms with E-state index in [0.717, 1.165) is 5.56 Å². The summed E-state index contributed by atoms with van der Waals surface area (Å²) in [5.41, 5.74) is 0.731. The van der Waals surface area contributed by atoms with Gasteiger partial charge in [0.1, 0.15) is 6.61 Å². The lowest BCUT2D eigenvalue weighted by atomic mass is 10.2. The Labute approximate surface area is 92.1 Å². The zero-order valence-corrected chi connectivity index (χ0v) is 8.65. The first-order chi connectivity index (χ1) is 7.20. The van der Waals surface area contributed by atoms with Gasteiger partial charge in [0, 0.05) is 10.6 Å². The lowest BCUT2D eigenvalue weighted by Crippen LogP contribution is -1.99. The minimum atomic E-state index is -0.914. The Bertz CT molecular complexity index is 365. The molecule has 80 valence electrons. The molecule has 0 aliphatic heterocycles. The van der Waals surface area contributed by atoms with E-state index in [9.17, 15) is 4.79 Å². The van der Waals surface area contributed by atoms with Crippen LogP contribution in [-0.2, 0) is 9.63 Å². The lowest BCUT2D eigenvalue weighted by Gasteiger charge is -1.97. The van der Waals surface area contributed by atoms with Crippen molar-refractivity contribution < 1.29 is 14.7 Å². The van der Waals surface area contributed by atoms with Crippen LogP contribution in [0.2, 0.25) is 5.02 Å². The van der Waals surface area contributed by atoms with Gasteiger partial charge in [-0.15, -0.1) is 0 Å². The molecule has 0 saturated carbocycles. The van der Waals surface area contributed by atoms with Crippen LogP contribution < -0.4 is 0 Å². The van der Waals surface area contributed by atoms with Gasteiger partial charge in [0.15, 0.2) is 0 Å². The van der Waals surface area contributed by atoms with E-state index in [2.05, 4.69) is 5.16 Å². The van der Waals surface area contributed by atoms with Crippen LogP contribution in [-0.4, -0.2) is 23.9 Å². The van der Waals surface area contributed by atoms with E-state index >= 15 is 0 Å². The number of nitrogens with zero attached hydrogens (tertiary/aromatic N) is 1. The summed E-state index contributed by atoms with van der Waals surface area (Å²) >= 11 is 5.85. The number of hydrogen-bond donors (Lipinski definition) is 1. The summed E-state index contributed by atoms with van der Waals surface area (Å²) in [6.45, 7) is 0.0519. The topological polar surface area (TPSA) is 58.9 Å². The molecule has 0 heterocycles. The Kier molecular flexibility index (Phi) is 4.63. The molecule has 4 nitrogen and oxygen atoms in total. The molecule has 15 heavy (non-hydrogen) atoms. The smallest absolute Gasteiger partial charge is 0.306 e. The van der Waals surface area contributed by atoms with Gasteiger partial charge in [-0.1, -0.05) is 35.0 Å². The van der Waals surface area contributed by atoms with Gasteiger partial charge in [-0.3, -0.25) is 4.79 Å². The summed E-state index contributed by atoms with van der Waals surface area (Å²) in [5.74, 6) is -0.914. The monoisotopic (exact) mass is 227 g/mol. The largest absolute Gasteiger partial charge is 0.481 e. The number of aliphatic carboxylic acids is 1. The second-order valence-electron chi connectivity index (χ2n) is 2.73. The van der Waals surface area contributed by atoms with Crippen LogP contribution in [0, 0.1) is 0 Å². The molecule has 1 aromatic carbocycles. The Morgan fingerprint density at radius 1 is 1.53 bits per heavy atom. The van der Waals surface area contributed by atoms with Crippen molar-refractivity contribution in [3.63, 3.8) is 0 Å². The fraction of sp³-hybridized carbons (Fsp3) is 0.200. The number of rotatable bonds is 5. The summed E-state index contributed by atoms with van der Waals surface area (Å²) in [6.07, 6.45) is 1.38. The second-order valence-corrected chi connectivity index (χ2v) is 3.14. The number of carboxylic acids is 1. The van der Waals surface area contributed by atoms with Crippen molar-refractivity contribution in [2.45, 2.75) is 6.42 Å². The second kappa shape index (κ2) is 6.03. The Balaban J connectivity index is 2.38. The zero-order valence-electron chi connectivity index (χ0n) is 7.89. The van der Waals surface area contributed by atoms with Gasteiger partial charge in [0.25, 0.3) is 0 Å². The third kappa shape index (κ3) is 4.46. The van der Waals surface area contributed by atoms with Crippen LogP contribution in [0.4, 0.5) is 0 Å². The molecule has 0 spiro atoms. The van der Waals surface area contributed by atoms with Crippen LogP contribution in [0.5, 0.6) is 0 Å². The molecule has 0 unspecified atom stereocenters. The standard InChI is InChI=1S/C10H10ClNO3/c11-9-4-2-1-3-8(9)7-12-15-6-5-10(13)14/h1-4,7H,5-6H2,(H,13,14)/b12-7+. The molecule has 1 aromatic rings. The minimum absolute atomic E-state index is 0.0519. The van der Waals surface area contributed by atoms with Crippen LogP contribution in [0.1, 0.15) is 12.0 Å². The van der Waals surface area contributed by atoms with E-state index in [1.54, 1.807) is 12.1 Å². The van der Waals surface area contributed by atoms with E-state index in [-0.39, 0.29) is 13.0 Å². The molecule has 0 saturated heterocycles. The van der Waals surface area contributed by atoms with E-state index in [0.29, 0.717) is 5.02 Å². The van der Waals surface area contributed by atoms with E-state index < -0.39 is 5.97 Å². The van der Waals surface area contributed by atoms with Crippen LogP contribution in [0.25, 0.3) is 0 Å². The maximum atomic E-state index is 10.1. The van der Waals surface area contributed by atoms with Crippen molar-refractivity contribution >= 4 is 23.8 Å². The molecular formula is C10H10ClNO3. The zero-order chi connectivity index (χ0) is 11.1. The number of benzene rings is 1. The number of hydrogen-bond acceptors (Lipinski definition) is 3. The SMILES string of the molecule is O=C(O)CCO/N=C/c1ccccc1Cl. The maximum Gasteiger partial charge on any atom is 0.306 e. The molecule has 0 bridgehead atoms. The molecule has 1 N–H and O–H groups in total. The Hall–Kier alpha value is -1.55. The number of carbonyl (C=O) groups is 1. The van der Waals surface area contributed by atoms with E-state index in [1.165, 1.54) is 6.21 Å². The molecule has 0 aromatic heterocycles. The number of halogens is 1. The highest BCUT2D eigenvalue weighted by Crippen LogP contribution is 2.12. The minimum Gasteiger partial charge on any atom is -0.481 e. The highest BCUT2D eigenvalue weighted by molar-refractivity contribution is 6.33. The third-order valence-corrected chi connectivity index (χ3v) is 1.92. The molecule has 0 amide bonds. The van der Waals surface area contributed by atoms with Crippen molar-refractivity contribution in [2.24, 2.45) is 5.16 Å². The first-order valence-corrected chi connectivity index (χ1v) is 4.69. The first kappa shape index (κ1) is 11.5. The van der Waals surface area contributed by atoms with Gasteiger partial charge in [-0.25, -0.2) is 0 Å². The van der Waals surface area contributed by atoms with Crippen molar-refractivity contribution in [3.05, 3.63) is 34.9 Å². The third-order valence-electron chi connectivity index (χ3n) is 1.58. The van der Waals surface area contributed by atoms with Crippen LogP contribution in [0.3, 0.4) is 0 Å². The average Bonchev–Trinajstić information content (AvgIpc) is 2.20. The van der Waals surface area contributed by atoms with Crippen LogP contribution >= 0.6 is 11.6 Å². The van der Waals surface area contributed by atoms with Crippen LogP contribution in [0.15, 0.2) is 29.4 Å². The van der Waals surface area contributed by atoms with Gasteiger partial charge in [0.05, 0.1) is 12.6 Å². The molecule has 0 atom stereocenters. The fourth-order valence-corrected chi connectivity index (χ4v) is 1.04. The summed E-state index contributed by atoms with van der Waals surface area (Å²) in [4.78, 5) is 14.9. The summed E-state index contributed by atoms with van der Waals surface area (Å²) in [7, 11) is 0. The predicted molar refractivity (Wildman–Crippen MR) is 57.3 cm³/mol. The summed E-state index contributed by atoms with van der Waals surface area (Å²) in [6, 6.07) is 7.15. The molecule has 0 aliphatic rings. The van der Waals surface area contributed by atoms with E-state index in [4.69, 9.17) is 21.5 Å². The predicted octanol–water partition coefficient (Wildman–Crippen LogP) is 2.17. The fourth-order valence-electron chi connectivity index (χ4n) is 0.860. The maximum absolute atomic E-state index is 10.1. The number of carboxylic acid groups (broad SMARTS) is 1. The summed E-state index contributed by atoms with van der Waals surface area (Å²) < 4.78 is 0. The van der Waals surface area contributed by atoms with Gasteiger partial charge >= 0.3 is 5.97 Å². The summed E-state index contributed by atoms with van der Waals surface area (Å²) in [5, 5.41) is 12.5. The molecule has 0 fully saturated rings.